The lowest BCUT2D eigenvalue weighted by Gasteiger charge is -2.09. The van der Waals surface area contributed by atoms with Crippen LogP contribution in [0.4, 0.5) is 0 Å². The number of hydrogen-bond acceptors (Lipinski definition) is 2. The van der Waals surface area contributed by atoms with Gasteiger partial charge in [-0.25, -0.2) is 9.97 Å². The molecule has 1 aromatic heterocycles. The number of rotatable bonds is 1. The van der Waals surface area contributed by atoms with Crippen LogP contribution in [0.25, 0.3) is 11.0 Å². The minimum absolute atomic E-state index is 0.433. The van der Waals surface area contributed by atoms with Gasteiger partial charge < -0.3 is 0 Å². The Hall–Kier alpha value is -1.44. The van der Waals surface area contributed by atoms with Crippen molar-refractivity contribution in [2.24, 2.45) is 0 Å². The van der Waals surface area contributed by atoms with Crippen molar-refractivity contribution in [2.75, 3.05) is 0 Å². The van der Waals surface area contributed by atoms with Crippen LogP contribution in [0.15, 0.2) is 18.2 Å². The first-order valence-corrected chi connectivity index (χ1v) is 5.33. The molecule has 0 saturated heterocycles. The van der Waals surface area contributed by atoms with Crippen LogP contribution >= 0.6 is 0 Å². The lowest BCUT2D eigenvalue weighted by molar-refractivity contribution is 0.806. The summed E-state index contributed by atoms with van der Waals surface area (Å²) in [5, 5.41) is 0. The van der Waals surface area contributed by atoms with Gasteiger partial charge in [-0.2, -0.15) is 0 Å². The number of aromatic nitrogens is 2. The average molecular weight is 200 g/mol. The van der Waals surface area contributed by atoms with Gasteiger partial charge in [0.2, 0.25) is 0 Å². The van der Waals surface area contributed by atoms with Crippen LogP contribution in [0.3, 0.4) is 0 Å². The third-order valence-electron chi connectivity index (χ3n) is 2.58. The van der Waals surface area contributed by atoms with Crippen LogP contribution < -0.4 is 0 Å². The van der Waals surface area contributed by atoms with Gasteiger partial charge in [-0.1, -0.05) is 19.9 Å². The number of nitrogens with zero attached hydrogens (tertiary/aromatic N) is 2. The fourth-order valence-corrected chi connectivity index (χ4v) is 1.81. The van der Waals surface area contributed by atoms with E-state index in [2.05, 4.69) is 42.9 Å². The van der Waals surface area contributed by atoms with E-state index >= 15 is 0 Å². The zero-order valence-corrected chi connectivity index (χ0v) is 9.70. The van der Waals surface area contributed by atoms with Crippen molar-refractivity contribution in [3.8, 4) is 0 Å². The normalized spacial score (nSPS) is 11.3. The first-order chi connectivity index (χ1) is 7.08. The summed E-state index contributed by atoms with van der Waals surface area (Å²) >= 11 is 0. The maximum atomic E-state index is 4.67. The Balaban J connectivity index is 2.72. The molecule has 0 saturated carbocycles. The van der Waals surface area contributed by atoms with Crippen LogP contribution in [0.5, 0.6) is 0 Å². The zero-order valence-electron chi connectivity index (χ0n) is 9.70. The number of aryl methyl sites for hydroxylation is 2. The summed E-state index contributed by atoms with van der Waals surface area (Å²) in [6, 6.07) is 6.20. The van der Waals surface area contributed by atoms with Gasteiger partial charge in [-0.05, 0) is 37.5 Å². The van der Waals surface area contributed by atoms with Crippen molar-refractivity contribution in [3.63, 3.8) is 0 Å². The highest BCUT2D eigenvalue weighted by Crippen LogP contribution is 2.19. The summed E-state index contributed by atoms with van der Waals surface area (Å²) in [7, 11) is 0. The molecule has 0 amide bonds. The number of fused-ring (bicyclic) bond motifs is 1. The van der Waals surface area contributed by atoms with Crippen molar-refractivity contribution < 1.29 is 0 Å². The summed E-state index contributed by atoms with van der Waals surface area (Å²) < 4.78 is 0. The van der Waals surface area contributed by atoms with Crippen LogP contribution in [0, 0.1) is 13.8 Å². The van der Waals surface area contributed by atoms with E-state index in [4.69, 9.17) is 0 Å². The summed E-state index contributed by atoms with van der Waals surface area (Å²) in [6.07, 6.45) is 0. The Morgan fingerprint density at radius 2 is 1.73 bits per heavy atom. The molecule has 0 N–H and O–H groups in total. The topological polar surface area (TPSA) is 25.8 Å². The highest BCUT2D eigenvalue weighted by molar-refractivity contribution is 5.75. The molecule has 0 radical (unpaired) electrons. The Kier molecular flexibility index (Phi) is 2.43. The molecule has 0 aliphatic carbocycles. The van der Waals surface area contributed by atoms with E-state index in [0.29, 0.717) is 5.92 Å². The predicted molar refractivity (Wildman–Crippen MR) is 63.1 cm³/mol. The highest BCUT2D eigenvalue weighted by Gasteiger charge is 2.08. The third-order valence-corrected chi connectivity index (χ3v) is 2.58. The van der Waals surface area contributed by atoms with Gasteiger partial charge in [-0.15, -0.1) is 0 Å². The molecule has 0 atom stereocenters. The molecule has 15 heavy (non-hydrogen) atoms. The summed E-state index contributed by atoms with van der Waals surface area (Å²) in [4.78, 5) is 9.25. The van der Waals surface area contributed by atoms with Crippen molar-refractivity contribution in [3.05, 3.63) is 35.2 Å². The van der Waals surface area contributed by atoms with Crippen LogP contribution in [0.1, 0.15) is 36.7 Å². The third kappa shape index (κ3) is 1.84. The van der Waals surface area contributed by atoms with E-state index < -0.39 is 0 Å². The van der Waals surface area contributed by atoms with Crippen LogP contribution in [-0.2, 0) is 0 Å². The molecular weight excluding hydrogens is 184 g/mol. The summed E-state index contributed by atoms with van der Waals surface area (Å²) in [6.45, 7) is 8.41. The molecule has 1 heterocycles. The van der Waals surface area contributed by atoms with Crippen molar-refractivity contribution in [2.45, 2.75) is 33.6 Å². The van der Waals surface area contributed by atoms with Gasteiger partial charge in [-0.3, -0.25) is 0 Å². The standard InChI is InChI=1S/C13H16N2/c1-8(2)13-10(4)14-11-6-5-9(3)7-12(11)15-13/h5-8H,1-4H3. The second-order valence-electron chi connectivity index (χ2n) is 4.34. The second-order valence-corrected chi connectivity index (χ2v) is 4.34. The van der Waals surface area contributed by atoms with E-state index in [-0.39, 0.29) is 0 Å². The minimum Gasteiger partial charge on any atom is -0.250 e. The molecular formula is C13H16N2. The van der Waals surface area contributed by atoms with E-state index in [1.165, 1.54) is 5.56 Å². The molecule has 2 rings (SSSR count). The minimum atomic E-state index is 0.433. The van der Waals surface area contributed by atoms with Crippen molar-refractivity contribution >= 4 is 11.0 Å². The smallest absolute Gasteiger partial charge is 0.0893 e. The second kappa shape index (κ2) is 3.61. The lowest BCUT2D eigenvalue weighted by atomic mass is 10.1. The molecule has 0 spiro atoms. The van der Waals surface area contributed by atoms with Gasteiger partial charge in [0.1, 0.15) is 0 Å². The van der Waals surface area contributed by atoms with Crippen LogP contribution in [-0.4, -0.2) is 9.97 Å². The predicted octanol–water partition coefficient (Wildman–Crippen LogP) is 3.37. The fraction of sp³-hybridized carbons (Fsp3) is 0.385. The molecule has 2 nitrogen and oxygen atoms in total. The van der Waals surface area contributed by atoms with E-state index in [1.807, 2.05) is 13.0 Å². The molecule has 0 fully saturated rings. The highest BCUT2D eigenvalue weighted by atomic mass is 14.8. The summed E-state index contributed by atoms with van der Waals surface area (Å²) in [5.74, 6) is 0.433. The van der Waals surface area contributed by atoms with Crippen molar-refractivity contribution in [1.82, 2.24) is 9.97 Å². The Labute approximate surface area is 90.4 Å². The first kappa shape index (κ1) is 10.1. The molecule has 0 aliphatic heterocycles. The average Bonchev–Trinajstić information content (AvgIpc) is 2.17. The molecule has 1 aromatic carbocycles. The van der Waals surface area contributed by atoms with E-state index in [0.717, 1.165) is 22.4 Å². The molecule has 2 heteroatoms. The van der Waals surface area contributed by atoms with Gasteiger partial charge in [0, 0.05) is 0 Å². The molecule has 0 bridgehead atoms. The molecule has 0 aliphatic rings. The summed E-state index contributed by atoms with van der Waals surface area (Å²) in [5.41, 5.74) is 5.37. The maximum Gasteiger partial charge on any atom is 0.0893 e. The SMILES string of the molecule is Cc1ccc2nc(C)c(C(C)C)nc2c1. The molecule has 78 valence electrons. The first-order valence-electron chi connectivity index (χ1n) is 5.33. The molecule has 0 unspecified atom stereocenters. The van der Waals surface area contributed by atoms with Crippen molar-refractivity contribution in [1.29, 1.82) is 0 Å². The number of hydrogen-bond donors (Lipinski definition) is 0. The zero-order chi connectivity index (χ0) is 11.0. The monoisotopic (exact) mass is 200 g/mol. The largest absolute Gasteiger partial charge is 0.250 e. The Morgan fingerprint density at radius 3 is 2.40 bits per heavy atom. The van der Waals surface area contributed by atoms with Gasteiger partial charge in [0.25, 0.3) is 0 Å². The quantitative estimate of drug-likeness (QED) is 0.705. The van der Waals surface area contributed by atoms with Gasteiger partial charge in [0.05, 0.1) is 22.4 Å². The molecule has 2 aromatic rings. The van der Waals surface area contributed by atoms with Gasteiger partial charge >= 0.3 is 0 Å². The number of benzene rings is 1. The van der Waals surface area contributed by atoms with Crippen LogP contribution in [0.2, 0.25) is 0 Å². The lowest BCUT2D eigenvalue weighted by Crippen LogP contribution is -2.00. The maximum absolute atomic E-state index is 4.67. The van der Waals surface area contributed by atoms with Gasteiger partial charge in [0.15, 0.2) is 0 Å². The van der Waals surface area contributed by atoms with E-state index in [9.17, 15) is 0 Å². The Morgan fingerprint density at radius 1 is 1.00 bits per heavy atom. The Bertz CT molecular complexity index is 501. The van der Waals surface area contributed by atoms with E-state index in [1.54, 1.807) is 0 Å². The fourth-order valence-electron chi connectivity index (χ4n) is 1.81.